The van der Waals surface area contributed by atoms with Gasteiger partial charge in [0.15, 0.2) is 0 Å². The molecule has 180 valence electrons. The lowest BCUT2D eigenvalue weighted by Gasteiger charge is -2.23. The van der Waals surface area contributed by atoms with Crippen LogP contribution in [0.1, 0.15) is 43.2 Å². The third kappa shape index (κ3) is 5.75. The van der Waals surface area contributed by atoms with Crippen LogP contribution in [0.25, 0.3) is 11.3 Å². The normalized spacial score (nSPS) is 15.2. The molecule has 0 bridgehead atoms. The second-order valence-corrected chi connectivity index (χ2v) is 8.06. The zero-order valence-electron chi connectivity index (χ0n) is 17.8. The van der Waals surface area contributed by atoms with Crippen molar-refractivity contribution in [2.24, 2.45) is 0 Å². The van der Waals surface area contributed by atoms with Crippen LogP contribution in [-0.2, 0) is 12.4 Å². The van der Waals surface area contributed by atoms with Crippen LogP contribution in [0.3, 0.4) is 0 Å². The maximum Gasteiger partial charge on any atom is 0.418 e. The summed E-state index contributed by atoms with van der Waals surface area (Å²) in [5, 5.41) is 5.78. The Morgan fingerprint density at radius 1 is 0.853 bits per heavy atom. The molecule has 1 fully saturated rings. The maximum absolute atomic E-state index is 13.6. The molecule has 11 heteroatoms. The van der Waals surface area contributed by atoms with E-state index in [9.17, 15) is 26.3 Å². The number of halogens is 6. The minimum Gasteiger partial charge on any atom is -0.351 e. The molecule has 0 amide bonds. The van der Waals surface area contributed by atoms with Gasteiger partial charge in [0, 0.05) is 30.1 Å². The van der Waals surface area contributed by atoms with Gasteiger partial charge in [-0.05, 0) is 43.2 Å². The van der Waals surface area contributed by atoms with Crippen molar-refractivity contribution in [3.05, 3.63) is 59.9 Å². The number of rotatable bonds is 5. The number of hydrogen-bond acceptors (Lipinski definition) is 5. The molecule has 4 rings (SSSR count). The predicted molar refractivity (Wildman–Crippen MR) is 115 cm³/mol. The number of hydrogen-bond donors (Lipinski definition) is 2. The van der Waals surface area contributed by atoms with Crippen molar-refractivity contribution in [3.8, 4) is 11.3 Å². The van der Waals surface area contributed by atoms with Crippen molar-refractivity contribution >= 4 is 17.5 Å². The molecule has 0 aliphatic heterocycles. The van der Waals surface area contributed by atoms with Gasteiger partial charge in [-0.15, -0.1) is 0 Å². The quantitative estimate of drug-likeness (QED) is 0.382. The second-order valence-electron chi connectivity index (χ2n) is 8.06. The molecule has 1 aliphatic rings. The summed E-state index contributed by atoms with van der Waals surface area (Å²) in [7, 11) is 0. The fraction of sp³-hybridized carbons (Fsp3) is 0.348. The van der Waals surface area contributed by atoms with E-state index >= 15 is 0 Å². The van der Waals surface area contributed by atoms with Crippen molar-refractivity contribution in [2.45, 2.75) is 50.5 Å². The van der Waals surface area contributed by atoms with E-state index < -0.39 is 29.2 Å². The molecule has 3 aromatic rings. The van der Waals surface area contributed by atoms with Gasteiger partial charge in [0.05, 0.1) is 22.5 Å². The Balaban J connectivity index is 1.72. The van der Waals surface area contributed by atoms with Crippen LogP contribution in [0.5, 0.6) is 0 Å². The van der Waals surface area contributed by atoms with Crippen LogP contribution in [0.4, 0.5) is 43.8 Å². The molecule has 0 spiro atoms. The Hall–Kier alpha value is -3.37. The standard InChI is InChI=1S/C23H21F6N5/c24-22(25,26)15-8-9-18(17(11-15)23(27,28)29)32-20-12-19(14-5-4-10-30-13-14)33-21(34-20)31-16-6-2-1-3-7-16/h4-5,8-13,16H,1-3,6-7H2,(H2,31,32,33,34). The average molecular weight is 481 g/mol. The van der Waals surface area contributed by atoms with E-state index in [0.29, 0.717) is 17.3 Å². The van der Waals surface area contributed by atoms with E-state index in [4.69, 9.17) is 0 Å². The Morgan fingerprint density at radius 2 is 1.62 bits per heavy atom. The molecule has 1 aromatic carbocycles. The van der Waals surface area contributed by atoms with Gasteiger partial charge in [0.25, 0.3) is 0 Å². The highest BCUT2D eigenvalue weighted by Crippen LogP contribution is 2.40. The lowest BCUT2D eigenvalue weighted by molar-refractivity contribution is -0.142. The van der Waals surface area contributed by atoms with E-state index in [1.807, 2.05) is 0 Å². The minimum atomic E-state index is -5.01. The summed E-state index contributed by atoms with van der Waals surface area (Å²) < 4.78 is 79.8. The zero-order valence-corrected chi connectivity index (χ0v) is 17.8. The van der Waals surface area contributed by atoms with Gasteiger partial charge in [-0.25, -0.2) is 4.98 Å². The van der Waals surface area contributed by atoms with Crippen molar-refractivity contribution in [3.63, 3.8) is 0 Å². The zero-order chi connectivity index (χ0) is 24.3. The number of alkyl halides is 6. The fourth-order valence-electron chi connectivity index (χ4n) is 3.87. The summed E-state index contributed by atoms with van der Waals surface area (Å²) in [5.41, 5.74) is -2.35. The van der Waals surface area contributed by atoms with Crippen molar-refractivity contribution in [1.29, 1.82) is 0 Å². The van der Waals surface area contributed by atoms with Crippen molar-refractivity contribution < 1.29 is 26.3 Å². The summed E-state index contributed by atoms with van der Waals surface area (Å²) in [6.07, 6.45) is -1.73. The molecule has 0 atom stereocenters. The summed E-state index contributed by atoms with van der Waals surface area (Å²) >= 11 is 0. The number of nitrogens with zero attached hydrogens (tertiary/aromatic N) is 3. The third-order valence-electron chi connectivity index (χ3n) is 5.54. The monoisotopic (exact) mass is 481 g/mol. The Labute approximate surface area is 191 Å². The largest absolute Gasteiger partial charge is 0.418 e. The molecule has 34 heavy (non-hydrogen) atoms. The van der Waals surface area contributed by atoms with Gasteiger partial charge >= 0.3 is 12.4 Å². The van der Waals surface area contributed by atoms with Crippen molar-refractivity contribution in [1.82, 2.24) is 15.0 Å². The lowest BCUT2D eigenvalue weighted by atomic mass is 9.96. The number of anilines is 3. The second kappa shape index (κ2) is 9.47. The molecular weight excluding hydrogens is 460 g/mol. The van der Waals surface area contributed by atoms with Gasteiger partial charge in [0.1, 0.15) is 5.82 Å². The third-order valence-corrected chi connectivity index (χ3v) is 5.54. The van der Waals surface area contributed by atoms with E-state index in [-0.39, 0.29) is 23.9 Å². The highest BCUT2D eigenvalue weighted by Gasteiger charge is 2.38. The van der Waals surface area contributed by atoms with Gasteiger partial charge < -0.3 is 10.6 Å². The van der Waals surface area contributed by atoms with Crippen LogP contribution in [-0.4, -0.2) is 21.0 Å². The van der Waals surface area contributed by atoms with E-state index in [1.54, 1.807) is 24.5 Å². The van der Waals surface area contributed by atoms with Crippen LogP contribution < -0.4 is 10.6 Å². The first-order valence-electron chi connectivity index (χ1n) is 10.7. The Kier molecular flexibility index (Phi) is 6.63. The molecule has 1 aliphatic carbocycles. The summed E-state index contributed by atoms with van der Waals surface area (Å²) in [4.78, 5) is 12.8. The van der Waals surface area contributed by atoms with Gasteiger partial charge in [-0.2, -0.15) is 31.3 Å². The summed E-state index contributed by atoms with van der Waals surface area (Å²) in [6.45, 7) is 0. The molecular formula is C23H21F6N5. The van der Waals surface area contributed by atoms with Crippen LogP contribution in [0.2, 0.25) is 0 Å². The topological polar surface area (TPSA) is 62.7 Å². The lowest BCUT2D eigenvalue weighted by Crippen LogP contribution is -2.23. The smallest absolute Gasteiger partial charge is 0.351 e. The first-order valence-corrected chi connectivity index (χ1v) is 10.7. The number of nitrogens with one attached hydrogen (secondary N) is 2. The predicted octanol–water partition coefficient (Wildman–Crippen LogP) is 7.06. The number of pyridine rings is 1. The van der Waals surface area contributed by atoms with E-state index in [2.05, 4.69) is 25.6 Å². The summed E-state index contributed by atoms with van der Waals surface area (Å²) in [6, 6.07) is 6.43. The van der Waals surface area contributed by atoms with Gasteiger partial charge in [0.2, 0.25) is 5.95 Å². The fourth-order valence-corrected chi connectivity index (χ4v) is 3.87. The molecule has 5 nitrogen and oxygen atoms in total. The number of benzene rings is 1. The van der Waals surface area contributed by atoms with E-state index in [0.717, 1.165) is 38.2 Å². The Morgan fingerprint density at radius 3 is 2.26 bits per heavy atom. The highest BCUT2D eigenvalue weighted by atomic mass is 19.4. The van der Waals surface area contributed by atoms with Crippen LogP contribution in [0, 0.1) is 0 Å². The molecule has 2 heterocycles. The Bertz CT molecular complexity index is 1120. The van der Waals surface area contributed by atoms with Crippen LogP contribution in [0.15, 0.2) is 48.8 Å². The number of aromatic nitrogens is 3. The molecule has 0 unspecified atom stereocenters. The summed E-state index contributed by atoms with van der Waals surface area (Å²) in [5.74, 6) is 0.230. The van der Waals surface area contributed by atoms with Crippen molar-refractivity contribution in [2.75, 3.05) is 10.6 Å². The van der Waals surface area contributed by atoms with Gasteiger partial charge in [-0.3, -0.25) is 4.98 Å². The maximum atomic E-state index is 13.6. The highest BCUT2D eigenvalue weighted by molar-refractivity contribution is 5.69. The molecule has 2 aromatic heterocycles. The van der Waals surface area contributed by atoms with E-state index in [1.165, 1.54) is 6.07 Å². The average Bonchev–Trinajstić information content (AvgIpc) is 2.79. The SMILES string of the molecule is FC(F)(F)c1ccc(Nc2cc(-c3cccnc3)nc(NC3CCCCC3)n2)c(C(F)(F)F)c1. The van der Waals surface area contributed by atoms with Gasteiger partial charge in [-0.1, -0.05) is 19.3 Å². The molecule has 0 radical (unpaired) electrons. The molecule has 0 saturated heterocycles. The molecule has 2 N–H and O–H groups in total. The minimum absolute atomic E-state index is 0.0115. The van der Waals surface area contributed by atoms with Crippen LogP contribution >= 0.6 is 0 Å². The molecule has 1 saturated carbocycles. The first-order chi connectivity index (χ1) is 16.1. The first kappa shape index (κ1) is 23.8.